The van der Waals surface area contributed by atoms with E-state index in [1.165, 1.54) is 0 Å². The number of hydrogen-bond acceptors (Lipinski definition) is 0. The molecule has 0 radical (unpaired) electrons. The maximum atomic E-state index is 3.10. The van der Waals surface area contributed by atoms with Crippen molar-refractivity contribution in [2.45, 2.75) is 0 Å². The van der Waals surface area contributed by atoms with E-state index in [0.29, 0.717) is 0 Å². The summed E-state index contributed by atoms with van der Waals surface area (Å²) in [6.45, 7) is 0. The molecule has 0 rings (SSSR count). The van der Waals surface area contributed by atoms with Crippen LogP contribution in [0.2, 0.25) is 0 Å². The molecule has 0 bridgehead atoms. The summed E-state index contributed by atoms with van der Waals surface area (Å²) in [5.41, 5.74) is 0. The first-order valence-electron chi connectivity index (χ1n) is 0.218. The molecule has 0 atom stereocenters. The molecule has 0 unspecified atom stereocenters. The van der Waals surface area contributed by atoms with Crippen molar-refractivity contribution in [2.75, 3.05) is 0 Å². The van der Waals surface area contributed by atoms with Gasteiger partial charge in [0.25, 0.3) is 0 Å². The Bertz CT molecular complexity index is 8.88. The molecule has 9 heavy (non-hydrogen) atoms. The Kier molecular flexibility index (Phi) is 6050. The Morgan fingerprint density at radius 1 is 0.444 bits per heavy atom. The number of rotatable bonds is 0. The summed E-state index contributed by atoms with van der Waals surface area (Å²) in [5, 5.41) is 0. The molecule has 0 spiro atoms. The normalized spacial score (nSPS) is 0.444. The summed E-state index contributed by atoms with van der Waals surface area (Å²) >= 11 is 0.979. The first-order chi connectivity index (χ1) is 1.00. The fourth-order valence-corrected chi connectivity index (χ4v) is 0. The van der Waals surface area contributed by atoms with Gasteiger partial charge in [0, 0.05) is 0 Å². The molecule has 0 aliphatic heterocycles. The van der Waals surface area contributed by atoms with Crippen LogP contribution < -0.4 is 0 Å². The molecule has 0 aliphatic rings. The molecule has 0 aromatic carbocycles. The molecular weight excluding hydrogens is 331 g/mol. The molecule has 0 aliphatic carbocycles. The first kappa shape index (κ1) is 160. The van der Waals surface area contributed by atoms with E-state index >= 15 is 0 Å². The standard InChI is InChI=1S/BrH.La.7H2O/h1H;;7*1H2/q;+1;;;;;;;/p-1. The van der Waals surface area contributed by atoms with Crippen LogP contribution in [0.3, 0.4) is 0 Å². The number of halogens is 1. The average Bonchev–Trinajstić information content (AvgIpc) is 1.00. The summed E-state index contributed by atoms with van der Waals surface area (Å²) in [4.78, 5) is 0. The van der Waals surface area contributed by atoms with Crippen LogP contribution in [-0.2, 0) is 0 Å². The Hall–Kier alpha value is 1.39. The molecule has 66 valence electrons. The minimum atomic E-state index is 0. The summed E-state index contributed by atoms with van der Waals surface area (Å²) in [6.07, 6.45) is 0. The van der Waals surface area contributed by atoms with Gasteiger partial charge in [-0.3, -0.25) is 0 Å². The summed E-state index contributed by atoms with van der Waals surface area (Å²) < 4.78 is 0. The molecule has 0 fully saturated rings. The van der Waals surface area contributed by atoms with Crippen LogP contribution in [0.15, 0.2) is 0 Å². The number of hydrogen-bond donors (Lipinski definition) is 0. The summed E-state index contributed by atoms with van der Waals surface area (Å²) in [5.74, 6) is 0. The van der Waals surface area contributed by atoms with Gasteiger partial charge in [0.2, 0.25) is 0 Å². The maximum absolute atomic E-state index is 3.10. The summed E-state index contributed by atoms with van der Waals surface area (Å²) in [7, 11) is 3.10. The Balaban J connectivity index is -0.000000000238. The molecule has 0 amide bonds. The zero-order valence-electron chi connectivity index (χ0n) is 4.46. The average molecular weight is 345 g/mol. The van der Waals surface area contributed by atoms with E-state index in [0.717, 1.165) is 30.9 Å². The van der Waals surface area contributed by atoms with E-state index in [1.807, 2.05) is 0 Å². The third-order valence-corrected chi connectivity index (χ3v) is 0. The molecule has 7 nitrogen and oxygen atoms in total. The minimum absolute atomic E-state index is 0. The van der Waals surface area contributed by atoms with E-state index in [9.17, 15) is 0 Å². The molecule has 0 aromatic rings. The van der Waals surface area contributed by atoms with Crippen LogP contribution in [0.25, 0.3) is 0 Å². The van der Waals surface area contributed by atoms with Crippen molar-refractivity contribution in [2.24, 2.45) is 0 Å². The van der Waals surface area contributed by atoms with Crippen molar-refractivity contribution in [1.82, 2.24) is 0 Å². The van der Waals surface area contributed by atoms with Crippen LogP contribution >= 0.6 is 10.2 Å². The van der Waals surface area contributed by atoms with Gasteiger partial charge in [-0.1, -0.05) is 0 Å². The first-order valence-corrected chi connectivity index (χ1v) is 8.25. The third kappa shape index (κ3) is 264. The van der Waals surface area contributed by atoms with Crippen LogP contribution in [0.5, 0.6) is 0 Å². The van der Waals surface area contributed by atoms with Gasteiger partial charge in [-0.2, -0.15) is 0 Å². The molecular formula is H14BrLaO7. The predicted octanol–water partition coefficient (Wildman–Crippen LogP) is -4.93. The van der Waals surface area contributed by atoms with Crippen molar-refractivity contribution in [3.63, 3.8) is 0 Å². The topological polar surface area (TPSA) is 220 Å². The van der Waals surface area contributed by atoms with Crippen molar-refractivity contribution >= 4 is 10.2 Å². The van der Waals surface area contributed by atoms with Crippen molar-refractivity contribution in [3.05, 3.63) is 0 Å². The molecule has 9 heteroatoms. The van der Waals surface area contributed by atoms with Gasteiger partial charge in [-0.05, 0) is 0 Å². The van der Waals surface area contributed by atoms with Crippen molar-refractivity contribution < 1.29 is 69.2 Å². The SMILES string of the molecule is O.O.O.O.O.O.O.[Br][La]. The Morgan fingerprint density at radius 3 is 0.444 bits per heavy atom. The van der Waals surface area contributed by atoms with Gasteiger partial charge in [-0.25, -0.2) is 0 Å². The quantitative estimate of drug-likeness (QED) is 0.403. The zero-order chi connectivity index (χ0) is 2.00. The van der Waals surface area contributed by atoms with Crippen LogP contribution in [0, 0.1) is 30.9 Å². The van der Waals surface area contributed by atoms with Crippen LogP contribution in [-0.4, -0.2) is 38.3 Å². The fourth-order valence-electron chi connectivity index (χ4n) is 0. The third-order valence-electron chi connectivity index (χ3n) is 0. The van der Waals surface area contributed by atoms with Gasteiger partial charge in [0.05, 0.1) is 0 Å². The molecule has 0 saturated heterocycles. The second-order valence-electron chi connectivity index (χ2n) is 0. The van der Waals surface area contributed by atoms with E-state index in [4.69, 9.17) is 0 Å². The van der Waals surface area contributed by atoms with Gasteiger partial charge in [-0.15, -0.1) is 0 Å². The Labute approximate surface area is 78.8 Å². The Morgan fingerprint density at radius 2 is 0.444 bits per heavy atom. The van der Waals surface area contributed by atoms with Gasteiger partial charge in [0.15, 0.2) is 0 Å². The van der Waals surface area contributed by atoms with Gasteiger partial charge >= 0.3 is 41.1 Å². The van der Waals surface area contributed by atoms with E-state index in [-0.39, 0.29) is 38.3 Å². The second kappa shape index (κ2) is 340. The molecule has 0 heterocycles. The fraction of sp³-hybridized carbons (Fsp3) is 0. The van der Waals surface area contributed by atoms with E-state index < -0.39 is 0 Å². The van der Waals surface area contributed by atoms with Crippen molar-refractivity contribution in [1.29, 1.82) is 0 Å². The molecule has 0 aromatic heterocycles. The summed E-state index contributed by atoms with van der Waals surface area (Å²) in [6, 6.07) is 0. The van der Waals surface area contributed by atoms with Crippen LogP contribution in [0.4, 0.5) is 0 Å². The monoisotopic (exact) mass is 344 g/mol. The van der Waals surface area contributed by atoms with Gasteiger partial charge in [0.1, 0.15) is 0 Å². The molecule has 14 N–H and O–H groups in total. The van der Waals surface area contributed by atoms with E-state index in [1.54, 1.807) is 0 Å². The zero-order valence-corrected chi connectivity index (χ0v) is 9.67. The van der Waals surface area contributed by atoms with E-state index in [2.05, 4.69) is 10.2 Å². The predicted molar refractivity (Wildman–Crippen MR) is 34.2 cm³/mol. The second-order valence-corrected chi connectivity index (χ2v) is 0. The molecule has 0 saturated carbocycles. The van der Waals surface area contributed by atoms with Crippen molar-refractivity contribution in [3.8, 4) is 0 Å². The van der Waals surface area contributed by atoms with Crippen LogP contribution in [0.1, 0.15) is 0 Å². The van der Waals surface area contributed by atoms with Gasteiger partial charge < -0.3 is 38.3 Å².